The molecule has 1 saturated heterocycles. The Hall–Kier alpha value is -4.02. The molecule has 0 bridgehead atoms. The molecule has 0 spiro atoms. The zero-order valence-corrected chi connectivity index (χ0v) is 18.0. The number of hydrogen-bond donors (Lipinski definition) is 0. The van der Waals surface area contributed by atoms with E-state index in [4.69, 9.17) is 4.52 Å². The molecule has 1 amide bonds. The number of alkyl halides is 3. The summed E-state index contributed by atoms with van der Waals surface area (Å²) in [5.74, 6) is -0.340. The van der Waals surface area contributed by atoms with Gasteiger partial charge in [-0.1, -0.05) is 29.4 Å². The van der Waals surface area contributed by atoms with Crippen LogP contribution < -0.4 is 0 Å². The summed E-state index contributed by atoms with van der Waals surface area (Å²) in [5.41, 5.74) is 0.845. The summed E-state index contributed by atoms with van der Waals surface area (Å²) in [4.78, 5) is 20.8. The number of aryl methyl sites for hydroxylation is 1. The van der Waals surface area contributed by atoms with E-state index in [9.17, 15) is 18.0 Å². The molecule has 2 aromatic carbocycles. The minimum absolute atomic E-state index is 0.101. The van der Waals surface area contributed by atoms with Crippen LogP contribution >= 0.6 is 0 Å². The number of benzene rings is 2. The van der Waals surface area contributed by atoms with E-state index in [1.807, 2.05) is 19.1 Å². The Balaban J connectivity index is 1.47. The summed E-state index contributed by atoms with van der Waals surface area (Å²) >= 11 is 0. The monoisotopic (exact) mass is 468 g/mol. The summed E-state index contributed by atoms with van der Waals surface area (Å²) in [6.45, 7) is 2.35. The maximum Gasteiger partial charge on any atom is 0.417 e. The van der Waals surface area contributed by atoms with Crippen molar-refractivity contribution in [1.29, 1.82) is 0 Å². The number of aromatic nitrogens is 5. The third-order valence-electron chi connectivity index (χ3n) is 5.73. The van der Waals surface area contributed by atoms with Gasteiger partial charge >= 0.3 is 6.18 Å². The van der Waals surface area contributed by atoms with E-state index >= 15 is 0 Å². The van der Waals surface area contributed by atoms with Gasteiger partial charge in [0.05, 0.1) is 29.2 Å². The third kappa shape index (κ3) is 3.93. The van der Waals surface area contributed by atoms with Crippen LogP contribution in [0.3, 0.4) is 0 Å². The van der Waals surface area contributed by atoms with Crippen LogP contribution in [-0.2, 0) is 6.18 Å². The Labute approximate surface area is 192 Å². The summed E-state index contributed by atoms with van der Waals surface area (Å²) in [6.07, 6.45) is -0.277. The standard InChI is InChI=1S/C23H19F3N6O2/c1-14-8-9-16(19(13-14)32-27-10-11-28-32)22(33)31-12-4-7-18(31)21-29-20(30-34-21)15-5-2-3-6-17(15)23(24,25)26/h2-3,5-6,8-11,13,18H,4,7,12H2,1H3/t18-/m0/s1. The number of hydrogen-bond acceptors (Lipinski definition) is 6. The average Bonchev–Trinajstić information content (AvgIpc) is 3.59. The lowest BCUT2D eigenvalue weighted by atomic mass is 10.1. The van der Waals surface area contributed by atoms with Crippen LogP contribution in [-0.4, -0.2) is 42.5 Å². The fourth-order valence-electron chi connectivity index (χ4n) is 4.15. The Morgan fingerprint density at radius 2 is 1.88 bits per heavy atom. The van der Waals surface area contributed by atoms with Crippen molar-refractivity contribution < 1.29 is 22.5 Å². The summed E-state index contributed by atoms with van der Waals surface area (Å²) in [6, 6.07) is 9.86. The van der Waals surface area contributed by atoms with Crippen LogP contribution in [0.25, 0.3) is 17.1 Å². The van der Waals surface area contributed by atoms with Gasteiger partial charge in [0.1, 0.15) is 6.04 Å². The molecule has 5 rings (SSSR count). The van der Waals surface area contributed by atoms with Crippen molar-refractivity contribution in [2.75, 3.05) is 6.54 Å². The molecule has 1 fully saturated rings. The molecule has 1 aliphatic rings. The van der Waals surface area contributed by atoms with E-state index in [0.717, 1.165) is 11.6 Å². The predicted octanol–water partition coefficient (Wildman–Crippen LogP) is 4.62. The molecule has 1 aliphatic heterocycles. The predicted molar refractivity (Wildman–Crippen MR) is 114 cm³/mol. The van der Waals surface area contributed by atoms with Gasteiger partial charge in [0.15, 0.2) is 0 Å². The van der Waals surface area contributed by atoms with E-state index in [2.05, 4.69) is 20.3 Å². The van der Waals surface area contributed by atoms with Crippen molar-refractivity contribution in [3.8, 4) is 17.1 Å². The first kappa shape index (κ1) is 21.8. The molecular formula is C23H19F3N6O2. The first-order chi connectivity index (χ1) is 16.3. The van der Waals surface area contributed by atoms with E-state index in [0.29, 0.717) is 30.6 Å². The van der Waals surface area contributed by atoms with Crippen molar-refractivity contribution in [3.05, 3.63) is 77.4 Å². The lowest BCUT2D eigenvalue weighted by Gasteiger charge is -2.23. The normalized spacial score (nSPS) is 16.2. The zero-order valence-electron chi connectivity index (χ0n) is 18.0. The molecule has 11 heteroatoms. The molecular weight excluding hydrogens is 449 g/mol. The largest absolute Gasteiger partial charge is 0.417 e. The van der Waals surface area contributed by atoms with Gasteiger partial charge in [0.2, 0.25) is 11.7 Å². The zero-order chi connectivity index (χ0) is 23.9. The molecule has 0 unspecified atom stereocenters. The average molecular weight is 468 g/mol. The van der Waals surface area contributed by atoms with E-state index in [-0.39, 0.29) is 23.2 Å². The third-order valence-corrected chi connectivity index (χ3v) is 5.73. The second-order valence-corrected chi connectivity index (χ2v) is 8.00. The first-order valence-electron chi connectivity index (χ1n) is 10.6. The molecule has 0 N–H and O–H groups in total. The molecule has 8 nitrogen and oxygen atoms in total. The second-order valence-electron chi connectivity index (χ2n) is 8.00. The first-order valence-corrected chi connectivity index (χ1v) is 10.6. The molecule has 34 heavy (non-hydrogen) atoms. The van der Waals surface area contributed by atoms with Gasteiger partial charge in [-0.25, -0.2) is 0 Å². The van der Waals surface area contributed by atoms with Crippen LogP contribution in [0.4, 0.5) is 13.2 Å². The lowest BCUT2D eigenvalue weighted by Crippen LogP contribution is -2.31. The molecule has 4 aromatic rings. The van der Waals surface area contributed by atoms with E-state index in [1.54, 1.807) is 11.0 Å². The second kappa shape index (κ2) is 8.40. The van der Waals surface area contributed by atoms with E-state index in [1.165, 1.54) is 35.4 Å². The van der Waals surface area contributed by atoms with Crippen LogP contribution in [0.1, 0.15) is 46.3 Å². The Morgan fingerprint density at radius 3 is 2.65 bits per heavy atom. The highest BCUT2D eigenvalue weighted by Crippen LogP contribution is 2.38. The van der Waals surface area contributed by atoms with Gasteiger partial charge in [-0.05, 0) is 43.5 Å². The molecule has 3 heterocycles. The van der Waals surface area contributed by atoms with Crippen molar-refractivity contribution in [1.82, 2.24) is 30.0 Å². The fourth-order valence-corrected chi connectivity index (χ4v) is 4.15. The maximum atomic E-state index is 13.5. The number of likely N-dealkylation sites (tertiary alicyclic amines) is 1. The van der Waals surface area contributed by atoms with Crippen LogP contribution in [0, 0.1) is 6.92 Å². The summed E-state index contributed by atoms with van der Waals surface area (Å²) in [7, 11) is 0. The highest BCUT2D eigenvalue weighted by molar-refractivity contribution is 5.98. The molecule has 0 radical (unpaired) electrons. The molecule has 1 atom stereocenters. The van der Waals surface area contributed by atoms with Crippen LogP contribution in [0.15, 0.2) is 59.4 Å². The fraction of sp³-hybridized carbons (Fsp3) is 0.261. The van der Waals surface area contributed by atoms with Crippen molar-refractivity contribution in [3.63, 3.8) is 0 Å². The van der Waals surface area contributed by atoms with Gasteiger partial charge < -0.3 is 9.42 Å². The molecule has 0 saturated carbocycles. The minimum Gasteiger partial charge on any atom is -0.337 e. The minimum atomic E-state index is -4.56. The number of carbonyl (C=O) groups is 1. The van der Waals surface area contributed by atoms with Gasteiger partial charge in [-0.15, -0.1) is 0 Å². The number of amides is 1. The highest BCUT2D eigenvalue weighted by atomic mass is 19.4. The Kier molecular flexibility index (Phi) is 5.39. The van der Waals surface area contributed by atoms with Crippen LogP contribution in [0.5, 0.6) is 0 Å². The Bertz CT molecular complexity index is 1330. The van der Waals surface area contributed by atoms with Crippen molar-refractivity contribution in [2.24, 2.45) is 0 Å². The highest BCUT2D eigenvalue weighted by Gasteiger charge is 2.37. The smallest absolute Gasteiger partial charge is 0.337 e. The maximum absolute atomic E-state index is 13.5. The number of nitrogens with zero attached hydrogens (tertiary/aromatic N) is 6. The van der Waals surface area contributed by atoms with Gasteiger partial charge in [0, 0.05) is 12.1 Å². The molecule has 2 aromatic heterocycles. The van der Waals surface area contributed by atoms with Gasteiger partial charge in [-0.3, -0.25) is 4.79 Å². The molecule has 0 aliphatic carbocycles. The quantitative estimate of drug-likeness (QED) is 0.434. The topological polar surface area (TPSA) is 89.9 Å². The molecule has 174 valence electrons. The lowest BCUT2D eigenvalue weighted by molar-refractivity contribution is -0.137. The number of rotatable bonds is 4. The number of carbonyl (C=O) groups excluding carboxylic acids is 1. The van der Waals surface area contributed by atoms with Crippen LogP contribution in [0.2, 0.25) is 0 Å². The SMILES string of the molecule is Cc1ccc(C(=O)N2CCC[C@H]2c2nc(-c3ccccc3C(F)(F)F)no2)c(-n2nccn2)c1. The summed E-state index contributed by atoms with van der Waals surface area (Å²) in [5, 5.41) is 12.1. The van der Waals surface area contributed by atoms with Crippen molar-refractivity contribution >= 4 is 5.91 Å². The number of halogens is 3. The Morgan fingerprint density at radius 1 is 1.12 bits per heavy atom. The van der Waals surface area contributed by atoms with E-state index < -0.39 is 17.8 Å². The van der Waals surface area contributed by atoms with Gasteiger partial charge in [-0.2, -0.15) is 33.1 Å². The summed E-state index contributed by atoms with van der Waals surface area (Å²) < 4.78 is 45.6. The van der Waals surface area contributed by atoms with Gasteiger partial charge in [0.25, 0.3) is 5.91 Å². The van der Waals surface area contributed by atoms with Crippen molar-refractivity contribution in [2.45, 2.75) is 32.0 Å².